The van der Waals surface area contributed by atoms with Gasteiger partial charge in [-0.2, -0.15) is 0 Å². The second-order valence-corrected chi connectivity index (χ2v) is 8.12. The molecule has 3 heterocycles. The van der Waals surface area contributed by atoms with E-state index in [1.54, 1.807) is 7.11 Å². The Labute approximate surface area is 201 Å². The van der Waals surface area contributed by atoms with Gasteiger partial charge in [0.15, 0.2) is 11.5 Å². The summed E-state index contributed by atoms with van der Waals surface area (Å²) < 4.78 is 21.5. The van der Waals surface area contributed by atoms with Crippen LogP contribution in [-0.2, 0) is 11.3 Å². The molecule has 2 N–H and O–H groups in total. The van der Waals surface area contributed by atoms with E-state index in [4.69, 9.17) is 30.5 Å². The molecular weight excluding hydrogens is 466 g/mol. The van der Waals surface area contributed by atoms with Gasteiger partial charge in [0.05, 0.1) is 7.11 Å². The maximum absolute atomic E-state index is 12.0. The van der Waals surface area contributed by atoms with Gasteiger partial charge in [0.2, 0.25) is 12.5 Å². The van der Waals surface area contributed by atoms with Gasteiger partial charge in [0, 0.05) is 51.0 Å². The highest BCUT2D eigenvalue weighted by Crippen LogP contribution is 2.42. The van der Waals surface area contributed by atoms with Gasteiger partial charge in [-0.15, -0.1) is 0 Å². The van der Waals surface area contributed by atoms with Crippen molar-refractivity contribution in [2.75, 3.05) is 53.2 Å². The van der Waals surface area contributed by atoms with E-state index in [-0.39, 0.29) is 24.1 Å². The number of halogens is 1. The Kier molecular flexibility index (Phi) is 7.88. The van der Waals surface area contributed by atoms with Crippen LogP contribution in [0, 0.1) is 0 Å². The topological polar surface area (TPSA) is 114 Å². The smallest absolute Gasteiger partial charge is 0.426 e. The zero-order chi connectivity index (χ0) is 23.9. The Morgan fingerprint density at radius 1 is 1.12 bits per heavy atom. The van der Waals surface area contributed by atoms with Crippen LogP contribution in [0.25, 0.3) is 0 Å². The number of methoxy groups -OCH3 is 1. The zero-order valence-electron chi connectivity index (χ0n) is 18.7. The largest absolute Gasteiger partial charge is 0.493 e. The number of hydrogen-bond acceptors (Lipinski definition) is 9. The van der Waals surface area contributed by atoms with Crippen LogP contribution < -0.4 is 25.1 Å². The molecular formula is C22H26ClN5O6. The average Bonchev–Trinajstić information content (AvgIpc) is 3.32. The van der Waals surface area contributed by atoms with E-state index in [0.29, 0.717) is 23.8 Å². The van der Waals surface area contributed by atoms with Crippen molar-refractivity contribution in [3.8, 4) is 17.2 Å². The highest BCUT2D eigenvalue weighted by Gasteiger charge is 2.22. The van der Waals surface area contributed by atoms with E-state index in [9.17, 15) is 9.59 Å². The van der Waals surface area contributed by atoms with Gasteiger partial charge >= 0.3 is 6.09 Å². The van der Waals surface area contributed by atoms with E-state index < -0.39 is 12.0 Å². The molecule has 0 radical (unpaired) electrons. The van der Waals surface area contributed by atoms with Gasteiger partial charge in [-0.3, -0.25) is 20.0 Å². The SMILES string of the molecule is COc1cc(CN2CCN(CCOC(=O)NNC(=O)c3ccnc(Cl)c3)CC2)cc2c1OCO2. The number of nitrogens with one attached hydrogen (secondary N) is 2. The minimum atomic E-state index is -0.733. The maximum atomic E-state index is 12.0. The number of ether oxygens (including phenoxy) is 4. The first-order valence-corrected chi connectivity index (χ1v) is 11.2. The molecule has 1 aromatic carbocycles. The average molecular weight is 492 g/mol. The number of carbonyl (C=O) groups is 2. The normalized spacial score (nSPS) is 15.6. The summed E-state index contributed by atoms with van der Waals surface area (Å²) in [6.07, 6.45) is 0.672. The van der Waals surface area contributed by atoms with Crippen molar-refractivity contribution in [3.63, 3.8) is 0 Å². The summed E-state index contributed by atoms with van der Waals surface area (Å²) in [5, 5.41) is 0.186. The standard InChI is InChI=1S/C22H26ClN5O6/c1-31-17-10-15(11-18-20(17)34-14-33-18)13-28-6-4-27(5-7-28)8-9-32-22(30)26-25-21(29)16-2-3-24-19(23)12-16/h2-3,10-12H,4-9,13-14H2,1H3,(H,25,29)(H,26,30). The summed E-state index contributed by atoms with van der Waals surface area (Å²) in [4.78, 5) is 32.2. The fourth-order valence-corrected chi connectivity index (χ4v) is 3.91. The lowest BCUT2D eigenvalue weighted by Crippen LogP contribution is -2.47. The lowest BCUT2D eigenvalue weighted by atomic mass is 10.1. The van der Waals surface area contributed by atoms with E-state index >= 15 is 0 Å². The molecule has 0 atom stereocenters. The highest BCUT2D eigenvalue weighted by atomic mass is 35.5. The summed E-state index contributed by atoms with van der Waals surface area (Å²) in [5.41, 5.74) is 5.87. The van der Waals surface area contributed by atoms with Gasteiger partial charge in [0.25, 0.3) is 5.91 Å². The van der Waals surface area contributed by atoms with Gasteiger partial charge in [-0.25, -0.2) is 15.2 Å². The number of hydrogen-bond donors (Lipinski definition) is 2. The number of nitrogens with zero attached hydrogens (tertiary/aromatic N) is 3. The third-order valence-electron chi connectivity index (χ3n) is 5.50. The van der Waals surface area contributed by atoms with Crippen molar-refractivity contribution >= 4 is 23.6 Å². The molecule has 0 aliphatic carbocycles. The lowest BCUT2D eigenvalue weighted by molar-refractivity contribution is 0.0842. The summed E-state index contributed by atoms with van der Waals surface area (Å²) in [5.74, 6) is 1.53. The van der Waals surface area contributed by atoms with Crippen LogP contribution in [0.3, 0.4) is 0 Å². The number of fused-ring (bicyclic) bond motifs is 1. The van der Waals surface area contributed by atoms with E-state index in [0.717, 1.165) is 38.3 Å². The molecule has 34 heavy (non-hydrogen) atoms. The number of benzene rings is 1. The quantitative estimate of drug-likeness (QED) is 0.440. The van der Waals surface area contributed by atoms with Gasteiger partial charge in [-0.1, -0.05) is 11.6 Å². The molecule has 1 fully saturated rings. The molecule has 2 aromatic rings. The van der Waals surface area contributed by atoms with Crippen LogP contribution in [0.1, 0.15) is 15.9 Å². The number of carbonyl (C=O) groups excluding carboxylic acids is 2. The first-order valence-electron chi connectivity index (χ1n) is 10.8. The fraction of sp³-hybridized carbons (Fsp3) is 0.409. The second kappa shape index (κ2) is 11.2. The molecule has 2 aliphatic heterocycles. The number of pyridine rings is 1. The van der Waals surface area contributed by atoms with Crippen LogP contribution >= 0.6 is 11.6 Å². The Bertz CT molecular complexity index is 1030. The molecule has 2 aliphatic rings. The van der Waals surface area contributed by atoms with Crippen LogP contribution in [-0.4, -0.2) is 80.0 Å². The van der Waals surface area contributed by atoms with Gasteiger partial charge in [-0.05, 0) is 29.8 Å². The number of piperazine rings is 1. The van der Waals surface area contributed by atoms with E-state index in [2.05, 4.69) is 25.6 Å². The molecule has 0 unspecified atom stereocenters. The number of aromatic nitrogens is 1. The number of hydrazine groups is 1. The van der Waals surface area contributed by atoms with Crippen LogP contribution in [0.2, 0.25) is 5.15 Å². The Balaban J connectivity index is 1.13. The first kappa shape index (κ1) is 23.9. The predicted molar refractivity (Wildman–Crippen MR) is 122 cm³/mol. The lowest BCUT2D eigenvalue weighted by Gasteiger charge is -2.34. The highest BCUT2D eigenvalue weighted by molar-refractivity contribution is 6.29. The van der Waals surface area contributed by atoms with E-state index in [1.807, 2.05) is 12.1 Å². The van der Waals surface area contributed by atoms with Crippen molar-refractivity contribution in [2.24, 2.45) is 0 Å². The Morgan fingerprint density at radius 3 is 2.68 bits per heavy atom. The summed E-state index contributed by atoms with van der Waals surface area (Å²) in [7, 11) is 1.62. The molecule has 1 saturated heterocycles. The minimum absolute atomic E-state index is 0.186. The van der Waals surface area contributed by atoms with Crippen molar-refractivity contribution in [1.82, 2.24) is 25.6 Å². The summed E-state index contributed by atoms with van der Waals surface area (Å²) >= 11 is 5.75. The van der Waals surface area contributed by atoms with E-state index in [1.165, 1.54) is 18.3 Å². The monoisotopic (exact) mass is 491 g/mol. The molecule has 11 nitrogen and oxygen atoms in total. The minimum Gasteiger partial charge on any atom is -0.493 e. The Hall–Kier alpha value is -3.28. The second-order valence-electron chi connectivity index (χ2n) is 7.73. The van der Waals surface area contributed by atoms with Gasteiger partial charge < -0.3 is 18.9 Å². The first-order chi connectivity index (χ1) is 16.5. The van der Waals surface area contributed by atoms with Crippen LogP contribution in [0.5, 0.6) is 17.2 Å². The third-order valence-corrected chi connectivity index (χ3v) is 5.70. The van der Waals surface area contributed by atoms with Crippen molar-refractivity contribution in [2.45, 2.75) is 6.54 Å². The zero-order valence-corrected chi connectivity index (χ0v) is 19.5. The van der Waals surface area contributed by atoms with Gasteiger partial charge in [0.1, 0.15) is 11.8 Å². The predicted octanol–water partition coefficient (Wildman–Crippen LogP) is 1.66. The number of rotatable bonds is 7. The summed E-state index contributed by atoms with van der Waals surface area (Å²) in [6.45, 7) is 5.27. The molecule has 2 amide bonds. The molecule has 0 saturated carbocycles. The Morgan fingerprint density at radius 2 is 1.91 bits per heavy atom. The molecule has 0 bridgehead atoms. The van der Waals surface area contributed by atoms with Crippen LogP contribution in [0.4, 0.5) is 4.79 Å². The molecule has 0 spiro atoms. The summed E-state index contributed by atoms with van der Waals surface area (Å²) in [6, 6.07) is 6.85. The molecule has 12 heteroatoms. The maximum Gasteiger partial charge on any atom is 0.426 e. The van der Waals surface area contributed by atoms with Crippen molar-refractivity contribution in [1.29, 1.82) is 0 Å². The molecule has 4 rings (SSSR count). The van der Waals surface area contributed by atoms with Crippen molar-refractivity contribution in [3.05, 3.63) is 46.7 Å². The third kappa shape index (κ3) is 6.19. The molecule has 1 aromatic heterocycles. The number of amides is 2. The fourth-order valence-electron chi connectivity index (χ4n) is 3.73. The van der Waals surface area contributed by atoms with Crippen molar-refractivity contribution < 1.29 is 28.5 Å². The van der Waals surface area contributed by atoms with Crippen LogP contribution in [0.15, 0.2) is 30.5 Å². The molecule has 182 valence electrons.